The number of carbonyl (C=O) groups excluding carboxylic acids is 1. The number of benzene rings is 2. The largest absolute Gasteiger partial charge is 0.416 e. The molecule has 4 rings (SSSR count). The molecule has 1 aliphatic heterocycles. The van der Waals surface area contributed by atoms with Gasteiger partial charge < -0.3 is 5.73 Å². The van der Waals surface area contributed by atoms with Gasteiger partial charge in [0.05, 0.1) is 27.0 Å². The fraction of sp³-hybridized carbons (Fsp3) is 0.0952. The molecule has 0 fully saturated rings. The summed E-state index contributed by atoms with van der Waals surface area (Å²) >= 11 is 0.947. The first-order valence-electron chi connectivity index (χ1n) is 8.33. The molecule has 2 N–H and O–H groups in total. The van der Waals surface area contributed by atoms with Crippen molar-refractivity contribution in [2.45, 2.75) is 12.1 Å². The van der Waals surface area contributed by atoms with Crippen molar-refractivity contribution in [3.8, 4) is 0 Å². The van der Waals surface area contributed by atoms with Crippen molar-refractivity contribution in [3.05, 3.63) is 92.6 Å². The second kappa shape index (κ2) is 6.67. The van der Waals surface area contributed by atoms with Gasteiger partial charge in [0.15, 0.2) is 0 Å². The second-order valence-electron chi connectivity index (χ2n) is 6.42. The predicted octanol–water partition coefficient (Wildman–Crippen LogP) is 5.64. The van der Waals surface area contributed by atoms with E-state index in [1.54, 1.807) is 24.3 Å². The van der Waals surface area contributed by atoms with Crippen LogP contribution in [-0.4, -0.2) is 5.78 Å². The highest BCUT2D eigenvalue weighted by Gasteiger charge is 2.34. The fourth-order valence-corrected chi connectivity index (χ4v) is 4.27. The zero-order valence-corrected chi connectivity index (χ0v) is 15.1. The SMILES string of the molecule is NC1=C(c2cccc(C(F)(F)F)c2)C(=O)C(=CC2C(F)=Cc3ccccc32)S1. The number of ketones is 1. The molecule has 1 aliphatic carbocycles. The Morgan fingerprint density at radius 2 is 1.82 bits per heavy atom. The van der Waals surface area contributed by atoms with Gasteiger partial charge in [0.2, 0.25) is 5.78 Å². The average Bonchev–Trinajstić information content (AvgIpc) is 3.11. The smallest absolute Gasteiger partial charge is 0.393 e. The van der Waals surface area contributed by atoms with Gasteiger partial charge in [0, 0.05) is 0 Å². The van der Waals surface area contributed by atoms with E-state index in [0.29, 0.717) is 0 Å². The highest BCUT2D eigenvalue weighted by molar-refractivity contribution is 8.08. The summed E-state index contributed by atoms with van der Waals surface area (Å²) in [5, 5.41) is 0.103. The van der Waals surface area contributed by atoms with Crippen LogP contribution in [0.25, 0.3) is 11.6 Å². The number of Topliss-reactive ketones (excluding diaryl/α,β-unsaturated/α-hetero) is 1. The number of allylic oxidation sites excluding steroid dienone is 4. The van der Waals surface area contributed by atoms with Gasteiger partial charge in [-0.3, -0.25) is 4.79 Å². The third kappa shape index (κ3) is 3.16. The summed E-state index contributed by atoms with van der Waals surface area (Å²) in [6.45, 7) is 0. The Kier molecular flexibility index (Phi) is 4.42. The standard InChI is InChI=1S/C21H13F4NOS/c22-16-9-11-4-1-2-7-14(11)15(16)10-17-19(27)18(20(26)28-17)12-5-3-6-13(8-12)21(23,24)25/h1-10,15H,26H2. The lowest BCUT2D eigenvalue weighted by molar-refractivity contribution is -0.137. The van der Waals surface area contributed by atoms with Crippen LogP contribution in [0.5, 0.6) is 0 Å². The van der Waals surface area contributed by atoms with Crippen molar-refractivity contribution in [2.75, 3.05) is 0 Å². The molecule has 142 valence electrons. The Hall–Kier alpha value is -2.80. The van der Waals surface area contributed by atoms with Gasteiger partial charge in [-0.15, -0.1) is 0 Å². The zero-order valence-electron chi connectivity index (χ0n) is 14.3. The molecule has 2 aromatic rings. The van der Waals surface area contributed by atoms with Crippen LogP contribution >= 0.6 is 11.8 Å². The van der Waals surface area contributed by atoms with Gasteiger partial charge >= 0.3 is 6.18 Å². The van der Waals surface area contributed by atoms with Crippen LogP contribution in [0.2, 0.25) is 0 Å². The lowest BCUT2D eigenvalue weighted by atomic mass is 9.96. The second-order valence-corrected chi connectivity index (χ2v) is 7.50. The van der Waals surface area contributed by atoms with Crippen LogP contribution in [0.1, 0.15) is 28.2 Å². The van der Waals surface area contributed by atoms with E-state index in [4.69, 9.17) is 5.73 Å². The van der Waals surface area contributed by atoms with E-state index < -0.39 is 29.3 Å². The van der Waals surface area contributed by atoms with Crippen LogP contribution in [0, 0.1) is 0 Å². The molecular formula is C21H13F4NOS. The van der Waals surface area contributed by atoms with Crippen LogP contribution in [0.3, 0.4) is 0 Å². The zero-order chi connectivity index (χ0) is 20.1. The summed E-state index contributed by atoms with van der Waals surface area (Å²) < 4.78 is 53.3. The molecule has 1 atom stereocenters. The maximum absolute atomic E-state index is 14.4. The van der Waals surface area contributed by atoms with Gasteiger partial charge in [-0.25, -0.2) is 4.39 Å². The molecule has 0 aromatic heterocycles. The number of halogens is 4. The summed E-state index contributed by atoms with van der Waals surface area (Å²) in [6.07, 6.45) is -1.63. The molecular weight excluding hydrogens is 390 g/mol. The van der Waals surface area contributed by atoms with Crippen molar-refractivity contribution in [1.29, 1.82) is 0 Å². The number of rotatable bonds is 2. The Morgan fingerprint density at radius 3 is 2.57 bits per heavy atom. The molecule has 28 heavy (non-hydrogen) atoms. The molecule has 1 heterocycles. The van der Waals surface area contributed by atoms with Gasteiger partial charge in [-0.2, -0.15) is 13.2 Å². The molecule has 1 unspecified atom stereocenters. The van der Waals surface area contributed by atoms with E-state index in [0.717, 1.165) is 35.0 Å². The Labute approximate surface area is 162 Å². The number of fused-ring (bicyclic) bond motifs is 1. The number of hydrogen-bond donors (Lipinski definition) is 1. The Bertz CT molecular complexity index is 1080. The third-order valence-corrected chi connectivity index (χ3v) is 5.60. The first-order chi connectivity index (χ1) is 13.3. The maximum atomic E-state index is 14.4. The van der Waals surface area contributed by atoms with Crippen molar-refractivity contribution in [3.63, 3.8) is 0 Å². The minimum atomic E-state index is -4.53. The quantitative estimate of drug-likeness (QED) is 0.521. The molecule has 7 heteroatoms. The molecule has 0 saturated heterocycles. The van der Waals surface area contributed by atoms with Crippen LogP contribution in [0.4, 0.5) is 17.6 Å². The van der Waals surface area contributed by atoms with E-state index in [1.807, 2.05) is 0 Å². The number of alkyl halides is 3. The minimum Gasteiger partial charge on any atom is -0.393 e. The van der Waals surface area contributed by atoms with E-state index >= 15 is 0 Å². The normalized spacial score (nSPS) is 20.7. The van der Waals surface area contributed by atoms with E-state index in [9.17, 15) is 22.4 Å². The third-order valence-electron chi connectivity index (χ3n) is 4.64. The number of carbonyl (C=O) groups is 1. The highest BCUT2D eigenvalue weighted by Crippen LogP contribution is 2.45. The molecule has 2 nitrogen and oxygen atoms in total. The average molecular weight is 403 g/mol. The lowest BCUT2D eigenvalue weighted by Gasteiger charge is -2.10. The molecule has 0 bridgehead atoms. The molecule has 0 amide bonds. The summed E-state index contributed by atoms with van der Waals surface area (Å²) in [5.41, 5.74) is 6.65. The van der Waals surface area contributed by atoms with Crippen LogP contribution in [0.15, 0.2) is 70.4 Å². The summed E-state index contributed by atoms with van der Waals surface area (Å²) in [7, 11) is 0. The van der Waals surface area contributed by atoms with Crippen molar-refractivity contribution in [1.82, 2.24) is 0 Å². The predicted molar refractivity (Wildman–Crippen MR) is 102 cm³/mol. The molecule has 0 saturated carbocycles. The van der Waals surface area contributed by atoms with Crippen molar-refractivity contribution in [2.24, 2.45) is 5.73 Å². The maximum Gasteiger partial charge on any atom is 0.416 e. The number of nitrogens with two attached hydrogens (primary N) is 1. The van der Waals surface area contributed by atoms with Crippen LogP contribution in [-0.2, 0) is 11.0 Å². The molecule has 2 aromatic carbocycles. The summed E-state index contributed by atoms with van der Waals surface area (Å²) in [4.78, 5) is 13.0. The Balaban J connectivity index is 1.68. The number of thioether (sulfide) groups is 1. The van der Waals surface area contributed by atoms with Gasteiger partial charge in [-0.1, -0.05) is 54.2 Å². The lowest BCUT2D eigenvalue weighted by Crippen LogP contribution is -2.07. The monoisotopic (exact) mass is 403 g/mol. The minimum absolute atomic E-state index is 0.0121. The van der Waals surface area contributed by atoms with E-state index in [-0.39, 0.29) is 21.1 Å². The molecule has 0 spiro atoms. The van der Waals surface area contributed by atoms with Crippen molar-refractivity contribution < 1.29 is 22.4 Å². The summed E-state index contributed by atoms with van der Waals surface area (Å²) in [5.74, 6) is -1.61. The van der Waals surface area contributed by atoms with Crippen LogP contribution < -0.4 is 5.73 Å². The number of hydrogen-bond acceptors (Lipinski definition) is 3. The van der Waals surface area contributed by atoms with Crippen molar-refractivity contribution >= 4 is 29.2 Å². The van der Waals surface area contributed by atoms with E-state index in [2.05, 4.69) is 0 Å². The van der Waals surface area contributed by atoms with E-state index in [1.165, 1.54) is 24.3 Å². The molecule has 2 aliphatic rings. The Morgan fingerprint density at radius 1 is 1.07 bits per heavy atom. The topological polar surface area (TPSA) is 43.1 Å². The first kappa shape index (κ1) is 18.6. The first-order valence-corrected chi connectivity index (χ1v) is 9.15. The fourth-order valence-electron chi connectivity index (χ4n) is 3.32. The highest BCUT2D eigenvalue weighted by atomic mass is 32.2. The van der Waals surface area contributed by atoms with Gasteiger partial charge in [0.25, 0.3) is 0 Å². The van der Waals surface area contributed by atoms with Gasteiger partial charge in [0.1, 0.15) is 5.83 Å². The van der Waals surface area contributed by atoms with Gasteiger partial charge in [-0.05, 0) is 34.9 Å². The molecule has 0 radical (unpaired) electrons. The summed E-state index contributed by atoms with van der Waals surface area (Å²) in [6, 6.07) is 11.6.